The van der Waals surface area contributed by atoms with Gasteiger partial charge in [-0.1, -0.05) is 41.9 Å². The van der Waals surface area contributed by atoms with Crippen LogP contribution in [0.5, 0.6) is 0 Å². The fourth-order valence-electron chi connectivity index (χ4n) is 2.20. The van der Waals surface area contributed by atoms with Crippen LogP contribution in [0.15, 0.2) is 42.5 Å². The second-order valence-electron chi connectivity index (χ2n) is 5.54. The molecule has 2 atom stereocenters. The van der Waals surface area contributed by atoms with Crippen LogP contribution in [0.2, 0.25) is 5.02 Å². The molecule has 1 amide bonds. The number of ether oxygens (including phenoxy) is 1. The summed E-state index contributed by atoms with van der Waals surface area (Å²) in [5, 5.41) is 32.7. The number of hydrogen-bond donors (Lipinski definition) is 3. The first-order valence-electron chi connectivity index (χ1n) is 7.73. The third-order valence-electron chi connectivity index (χ3n) is 3.61. The summed E-state index contributed by atoms with van der Waals surface area (Å²) >= 11 is 5.81. The van der Waals surface area contributed by atoms with Crippen LogP contribution < -0.4 is 5.32 Å². The van der Waals surface area contributed by atoms with Crippen molar-refractivity contribution in [1.82, 2.24) is 5.32 Å². The highest BCUT2D eigenvalue weighted by Gasteiger charge is 2.26. The summed E-state index contributed by atoms with van der Waals surface area (Å²) in [5.74, 6) is -1.21. The van der Waals surface area contributed by atoms with Crippen LogP contribution >= 0.6 is 11.6 Å². The fraction of sp³-hybridized carbons (Fsp3) is 0.235. The minimum absolute atomic E-state index is 0.0186. The van der Waals surface area contributed by atoms with Gasteiger partial charge in [0.2, 0.25) is 5.82 Å². The SMILES string of the molecule is O=C(NCC(O)C(O)c1cc(F)c([N+](=O)[O-])cc1Cl)OCc1ccccc1. The van der Waals surface area contributed by atoms with Crippen LogP contribution in [0.3, 0.4) is 0 Å². The van der Waals surface area contributed by atoms with E-state index in [9.17, 15) is 29.5 Å². The molecule has 0 aliphatic heterocycles. The van der Waals surface area contributed by atoms with Crippen LogP contribution in [0, 0.1) is 15.9 Å². The minimum atomic E-state index is -1.68. The summed E-state index contributed by atoms with van der Waals surface area (Å²) in [7, 11) is 0. The number of rotatable bonds is 7. The zero-order chi connectivity index (χ0) is 20.0. The van der Waals surface area contributed by atoms with Gasteiger partial charge in [0.15, 0.2) is 0 Å². The van der Waals surface area contributed by atoms with E-state index in [0.717, 1.165) is 11.6 Å². The molecule has 0 saturated heterocycles. The molecule has 144 valence electrons. The van der Waals surface area contributed by atoms with Crippen LogP contribution in [0.25, 0.3) is 0 Å². The Morgan fingerprint density at radius 2 is 1.96 bits per heavy atom. The zero-order valence-electron chi connectivity index (χ0n) is 13.8. The van der Waals surface area contributed by atoms with Crippen molar-refractivity contribution >= 4 is 23.4 Å². The summed E-state index contributed by atoms with van der Waals surface area (Å²) < 4.78 is 18.6. The molecule has 0 fully saturated rings. The summed E-state index contributed by atoms with van der Waals surface area (Å²) in [6.45, 7) is -0.394. The Morgan fingerprint density at radius 1 is 1.30 bits per heavy atom. The average Bonchev–Trinajstić information content (AvgIpc) is 2.65. The molecule has 2 rings (SSSR count). The lowest BCUT2D eigenvalue weighted by atomic mass is 10.0. The van der Waals surface area contributed by atoms with E-state index in [2.05, 4.69) is 5.32 Å². The molecule has 0 radical (unpaired) electrons. The highest BCUT2D eigenvalue weighted by Crippen LogP contribution is 2.31. The molecule has 2 aromatic carbocycles. The van der Waals surface area contributed by atoms with Crippen LogP contribution in [-0.2, 0) is 11.3 Å². The van der Waals surface area contributed by atoms with Crippen molar-refractivity contribution in [3.05, 3.63) is 74.5 Å². The van der Waals surface area contributed by atoms with Crippen molar-refractivity contribution in [2.24, 2.45) is 0 Å². The van der Waals surface area contributed by atoms with E-state index in [-0.39, 0.29) is 17.2 Å². The molecule has 8 nitrogen and oxygen atoms in total. The topological polar surface area (TPSA) is 122 Å². The summed E-state index contributed by atoms with van der Waals surface area (Å²) in [6, 6.07) is 10.3. The number of amides is 1. The van der Waals surface area contributed by atoms with Crippen molar-refractivity contribution in [3.63, 3.8) is 0 Å². The van der Waals surface area contributed by atoms with Gasteiger partial charge in [0, 0.05) is 18.2 Å². The number of halogens is 2. The van der Waals surface area contributed by atoms with Gasteiger partial charge in [-0.25, -0.2) is 4.79 Å². The molecule has 0 heterocycles. The quantitative estimate of drug-likeness (QED) is 0.487. The lowest BCUT2D eigenvalue weighted by Gasteiger charge is -2.19. The number of aliphatic hydroxyl groups excluding tert-OH is 2. The maximum atomic E-state index is 13.7. The fourth-order valence-corrected chi connectivity index (χ4v) is 2.47. The predicted octanol–water partition coefficient (Wildman–Crippen LogP) is 2.71. The van der Waals surface area contributed by atoms with E-state index in [0.29, 0.717) is 6.07 Å². The van der Waals surface area contributed by atoms with Crippen molar-refractivity contribution in [3.8, 4) is 0 Å². The maximum Gasteiger partial charge on any atom is 0.407 e. The number of hydrogen-bond acceptors (Lipinski definition) is 6. The molecule has 0 spiro atoms. The lowest BCUT2D eigenvalue weighted by molar-refractivity contribution is -0.387. The smallest absolute Gasteiger partial charge is 0.407 e. The molecule has 0 saturated carbocycles. The van der Waals surface area contributed by atoms with E-state index in [1.807, 2.05) is 6.07 Å². The Hall–Kier alpha value is -2.75. The number of alkyl carbamates (subject to hydrolysis) is 1. The normalized spacial score (nSPS) is 12.9. The first kappa shape index (κ1) is 20.6. The van der Waals surface area contributed by atoms with Crippen LogP contribution in [0.4, 0.5) is 14.9 Å². The van der Waals surface area contributed by atoms with Gasteiger partial charge in [0.05, 0.1) is 9.95 Å². The van der Waals surface area contributed by atoms with Crippen molar-refractivity contribution < 1.29 is 29.1 Å². The summed E-state index contributed by atoms with van der Waals surface area (Å²) in [4.78, 5) is 21.3. The molecule has 0 aliphatic carbocycles. The van der Waals surface area contributed by atoms with E-state index >= 15 is 0 Å². The number of benzene rings is 2. The van der Waals surface area contributed by atoms with Gasteiger partial charge in [0.25, 0.3) is 0 Å². The molecule has 10 heteroatoms. The Morgan fingerprint density at radius 3 is 2.59 bits per heavy atom. The average molecular weight is 399 g/mol. The third-order valence-corrected chi connectivity index (χ3v) is 3.94. The molecule has 2 aromatic rings. The van der Waals surface area contributed by atoms with Gasteiger partial charge in [-0.15, -0.1) is 0 Å². The zero-order valence-corrected chi connectivity index (χ0v) is 14.6. The van der Waals surface area contributed by atoms with Gasteiger partial charge in [-0.05, 0) is 11.6 Å². The number of nitrogens with zero attached hydrogens (tertiary/aromatic N) is 1. The maximum absolute atomic E-state index is 13.7. The van der Waals surface area contributed by atoms with Crippen LogP contribution in [-0.4, -0.2) is 33.9 Å². The standard InChI is InChI=1S/C17H16ClFN2O6/c18-12-7-14(21(25)26)13(19)6-11(12)16(23)15(22)8-20-17(24)27-9-10-4-2-1-3-5-10/h1-7,15-16,22-23H,8-9H2,(H,20,24). The van der Waals surface area contributed by atoms with Gasteiger partial charge >= 0.3 is 11.8 Å². The van der Waals surface area contributed by atoms with Gasteiger partial charge < -0.3 is 20.3 Å². The largest absolute Gasteiger partial charge is 0.445 e. The second-order valence-corrected chi connectivity index (χ2v) is 5.94. The number of aliphatic hydroxyl groups is 2. The third kappa shape index (κ3) is 5.61. The van der Waals surface area contributed by atoms with E-state index in [4.69, 9.17) is 16.3 Å². The number of nitrogens with one attached hydrogen (secondary N) is 1. The predicted molar refractivity (Wildman–Crippen MR) is 93.7 cm³/mol. The molecular weight excluding hydrogens is 383 g/mol. The Labute approximate surface area is 158 Å². The van der Waals surface area contributed by atoms with Gasteiger partial charge in [0.1, 0.15) is 18.8 Å². The molecule has 0 aliphatic rings. The Balaban J connectivity index is 1.91. The van der Waals surface area contributed by atoms with E-state index < -0.39 is 41.3 Å². The van der Waals surface area contributed by atoms with Crippen LogP contribution in [0.1, 0.15) is 17.2 Å². The van der Waals surface area contributed by atoms with E-state index in [1.54, 1.807) is 24.3 Å². The Bertz CT molecular complexity index is 821. The monoisotopic (exact) mass is 398 g/mol. The minimum Gasteiger partial charge on any atom is -0.445 e. The highest BCUT2D eigenvalue weighted by molar-refractivity contribution is 6.31. The van der Waals surface area contributed by atoms with Crippen molar-refractivity contribution in [1.29, 1.82) is 0 Å². The summed E-state index contributed by atoms with van der Waals surface area (Å²) in [6.07, 6.45) is -4.05. The number of carbonyl (C=O) groups excluding carboxylic acids is 1. The summed E-state index contributed by atoms with van der Waals surface area (Å²) in [5.41, 5.74) is -0.332. The van der Waals surface area contributed by atoms with Crippen molar-refractivity contribution in [2.75, 3.05) is 6.54 Å². The molecule has 27 heavy (non-hydrogen) atoms. The second kappa shape index (κ2) is 9.26. The molecule has 3 N–H and O–H groups in total. The number of nitro benzene ring substituents is 1. The molecule has 0 bridgehead atoms. The van der Waals surface area contributed by atoms with Gasteiger partial charge in [-0.3, -0.25) is 10.1 Å². The van der Waals surface area contributed by atoms with Crippen molar-refractivity contribution in [2.45, 2.75) is 18.8 Å². The first-order valence-corrected chi connectivity index (χ1v) is 8.11. The number of carbonyl (C=O) groups is 1. The Kier molecular flexibility index (Phi) is 7.05. The molecule has 0 aromatic heterocycles. The highest BCUT2D eigenvalue weighted by atomic mass is 35.5. The first-order chi connectivity index (χ1) is 12.8. The number of nitro groups is 1. The van der Waals surface area contributed by atoms with E-state index in [1.165, 1.54) is 0 Å². The lowest BCUT2D eigenvalue weighted by Crippen LogP contribution is -2.35. The molecule has 2 unspecified atom stereocenters. The van der Waals surface area contributed by atoms with Gasteiger partial charge in [-0.2, -0.15) is 4.39 Å². The molecular formula is C17H16ClFN2O6.